The summed E-state index contributed by atoms with van der Waals surface area (Å²) in [6.45, 7) is 6.76. The third-order valence-electron chi connectivity index (χ3n) is 4.28. The van der Waals surface area contributed by atoms with Gasteiger partial charge in [0.25, 0.3) is 0 Å². The van der Waals surface area contributed by atoms with Gasteiger partial charge in [0.15, 0.2) is 0 Å². The Balaban J connectivity index is 1.87. The molecule has 3 rings (SSSR count). The maximum atomic E-state index is 4.56. The third-order valence-corrected chi connectivity index (χ3v) is 4.28. The predicted octanol–water partition coefficient (Wildman–Crippen LogP) is 3.07. The number of nitrogens with zero attached hydrogens (tertiary/aromatic N) is 3. The van der Waals surface area contributed by atoms with E-state index in [0.717, 1.165) is 50.4 Å². The van der Waals surface area contributed by atoms with Gasteiger partial charge in [-0.15, -0.1) is 0 Å². The first-order valence-electron chi connectivity index (χ1n) is 7.82. The van der Waals surface area contributed by atoms with Gasteiger partial charge >= 0.3 is 0 Å². The van der Waals surface area contributed by atoms with E-state index >= 15 is 0 Å². The van der Waals surface area contributed by atoms with Crippen LogP contribution in [0.4, 0.5) is 11.4 Å². The number of aliphatic imine (C=N–C) groups is 1. The number of likely N-dealkylation sites (N-methyl/N-ethyl adjacent to an activating group) is 1. The molecule has 112 valence electrons. The molecule has 0 bridgehead atoms. The monoisotopic (exact) mass is 284 g/mol. The fraction of sp³-hybridized carbons (Fsp3) is 0.471. The highest BCUT2D eigenvalue weighted by molar-refractivity contribution is 5.78. The van der Waals surface area contributed by atoms with Gasteiger partial charge in [-0.3, -0.25) is 4.99 Å². The number of nitrogens with one attached hydrogen (secondary N) is 1. The fourth-order valence-electron chi connectivity index (χ4n) is 3.03. The first-order chi connectivity index (χ1) is 10.3. The van der Waals surface area contributed by atoms with E-state index in [4.69, 9.17) is 0 Å². The Labute approximate surface area is 127 Å². The Morgan fingerprint density at radius 1 is 1.19 bits per heavy atom. The quantitative estimate of drug-likeness (QED) is 0.905. The molecule has 0 aliphatic carbocycles. The molecule has 1 aromatic carbocycles. The van der Waals surface area contributed by atoms with Crippen molar-refractivity contribution in [1.82, 2.24) is 9.80 Å². The van der Waals surface area contributed by atoms with E-state index in [-0.39, 0.29) is 0 Å². The smallest absolute Gasteiger partial charge is 0.0860 e. The van der Waals surface area contributed by atoms with Gasteiger partial charge < -0.3 is 15.1 Å². The predicted molar refractivity (Wildman–Crippen MR) is 89.2 cm³/mol. The molecule has 0 unspecified atom stereocenters. The Kier molecular flexibility index (Phi) is 4.25. The van der Waals surface area contributed by atoms with Gasteiger partial charge in [-0.25, -0.2) is 0 Å². The maximum Gasteiger partial charge on any atom is 0.0860 e. The second-order valence-corrected chi connectivity index (χ2v) is 5.73. The van der Waals surface area contributed by atoms with Crippen molar-refractivity contribution in [3.63, 3.8) is 0 Å². The molecule has 1 aromatic rings. The highest BCUT2D eigenvalue weighted by Crippen LogP contribution is 2.30. The van der Waals surface area contributed by atoms with Crippen LogP contribution in [0.15, 0.2) is 40.7 Å². The molecule has 4 nitrogen and oxygen atoms in total. The number of allylic oxidation sites excluding steroid dienone is 2. The number of rotatable bonds is 2. The molecule has 0 saturated carbocycles. The molecule has 2 aliphatic heterocycles. The van der Waals surface area contributed by atoms with Gasteiger partial charge in [0.05, 0.1) is 11.4 Å². The van der Waals surface area contributed by atoms with E-state index in [1.165, 1.54) is 11.4 Å². The molecule has 1 fully saturated rings. The SMILES string of the molecule is CCC(=C1CC=Nc2ccccc2N1)N1CCN(C)CC1. The third kappa shape index (κ3) is 3.10. The number of benzene rings is 1. The van der Waals surface area contributed by atoms with Gasteiger partial charge in [-0.1, -0.05) is 19.1 Å². The molecule has 21 heavy (non-hydrogen) atoms. The van der Waals surface area contributed by atoms with Crippen LogP contribution in [0.5, 0.6) is 0 Å². The van der Waals surface area contributed by atoms with Crippen molar-refractivity contribution in [3.8, 4) is 0 Å². The molecule has 2 aliphatic rings. The lowest BCUT2D eigenvalue weighted by Crippen LogP contribution is -2.44. The van der Waals surface area contributed by atoms with Crippen LogP contribution in [-0.4, -0.2) is 49.2 Å². The first-order valence-corrected chi connectivity index (χ1v) is 7.82. The standard InChI is InChI=1S/C17H24N4/c1-3-17(21-12-10-20(2)11-13-21)16-8-9-18-14-6-4-5-7-15(14)19-16/h4-7,9,19H,3,8,10-13H2,1-2H3. The van der Waals surface area contributed by atoms with E-state index in [0.29, 0.717) is 0 Å². The molecular weight excluding hydrogens is 260 g/mol. The Morgan fingerprint density at radius 3 is 2.71 bits per heavy atom. The van der Waals surface area contributed by atoms with Crippen LogP contribution in [0.1, 0.15) is 19.8 Å². The summed E-state index contributed by atoms with van der Waals surface area (Å²) in [5.74, 6) is 0. The van der Waals surface area contributed by atoms with Crippen molar-refractivity contribution in [2.24, 2.45) is 4.99 Å². The number of piperazine rings is 1. The summed E-state index contributed by atoms with van der Waals surface area (Å²) < 4.78 is 0. The van der Waals surface area contributed by atoms with Gasteiger partial charge in [0, 0.05) is 50.2 Å². The van der Waals surface area contributed by atoms with Crippen molar-refractivity contribution in [2.45, 2.75) is 19.8 Å². The second-order valence-electron chi connectivity index (χ2n) is 5.73. The van der Waals surface area contributed by atoms with E-state index in [9.17, 15) is 0 Å². The van der Waals surface area contributed by atoms with Crippen molar-refractivity contribution in [3.05, 3.63) is 35.7 Å². The Hall–Kier alpha value is -1.81. The van der Waals surface area contributed by atoms with Gasteiger partial charge in [0.1, 0.15) is 0 Å². The van der Waals surface area contributed by atoms with E-state index < -0.39 is 0 Å². The number of para-hydroxylation sites is 2. The normalized spacial score (nSPS) is 21.5. The second kappa shape index (κ2) is 6.31. The minimum atomic E-state index is 0.879. The molecule has 0 atom stereocenters. The number of hydrogen-bond donors (Lipinski definition) is 1. The summed E-state index contributed by atoms with van der Waals surface area (Å²) >= 11 is 0. The summed E-state index contributed by atoms with van der Waals surface area (Å²) in [6.07, 6.45) is 3.96. The average Bonchev–Trinajstić information content (AvgIpc) is 2.72. The van der Waals surface area contributed by atoms with Gasteiger partial charge in [-0.05, 0) is 25.6 Å². The van der Waals surface area contributed by atoms with Crippen LogP contribution in [0.2, 0.25) is 0 Å². The van der Waals surface area contributed by atoms with Crippen LogP contribution in [0.3, 0.4) is 0 Å². The highest BCUT2D eigenvalue weighted by Gasteiger charge is 2.19. The lowest BCUT2D eigenvalue weighted by atomic mass is 10.1. The first kappa shape index (κ1) is 14.1. The molecule has 2 heterocycles. The van der Waals surface area contributed by atoms with E-state index in [1.807, 2.05) is 12.3 Å². The van der Waals surface area contributed by atoms with Crippen LogP contribution in [0, 0.1) is 0 Å². The number of hydrogen-bond acceptors (Lipinski definition) is 4. The Morgan fingerprint density at radius 2 is 1.95 bits per heavy atom. The van der Waals surface area contributed by atoms with Crippen LogP contribution in [0.25, 0.3) is 0 Å². The molecule has 0 aromatic heterocycles. The summed E-state index contributed by atoms with van der Waals surface area (Å²) in [4.78, 5) is 9.49. The molecule has 4 heteroatoms. The minimum Gasteiger partial charge on any atom is -0.371 e. The van der Waals surface area contributed by atoms with Crippen LogP contribution >= 0.6 is 0 Å². The van der Waals surface area contributed by atoms with Gasteiger partial charge in [-0.2, -0.15) is 0 Å². The number of anilines is 1. The van der Waals surface area contributed by atoms with Crippen LogP contribution in [-0.2, 0) is 0 Å². The zero-order chi connectivity index (χ0) is 14.7. The fourth-order valence-corrected chi connectivity index (χ4v) is 3.03. The molecule has 0 radical (unpaired) electrons. The van der Waals surface area contributed by atoms with Crippen molar-refractivity contribution in [2.75, 3.05) is 38.5 Å². The van der Waals surface area contributed by atoms with Crippen molar-refractivity contribution < 1.29 is 0 Å². The molecular formula is C17H24N4. The van der Waals surface area contributed by atoms with E-state index in [2.05, 4.69) is 52.3 Å². The summed E-state index contributed by atoms with van der Waals surface area (Å²) in [6, 6.07) is 8.26. The van der Waals surface area contributed by atoms with Crippen molar-refractivity contribution >= 4 is 17.6 Å². The topological polar surface area (TPSA) is 30.9 Å². The van der Waals surface area contributed by atoms with Crippen LogP contribution < -0.4 is 5.32 Å². The lowest BCUT2D eigenvalue weighted by molar-refractivity contribution is 0.182. The number of fused-ring (bicyclic) bond motifs is 1. The minimum absolute atomic E-state index is 0.879. The molecule has 0 spiro atoms. The zero-order valence-electron chi connectivity index (χ0n) is 13.0. The Bertz CT molecular complexity index is 554. The van der Waals surface area contributed by atoms with Crippen molar-refractivity contribution in [1.29, 1.82) is 0 Å². The summed E-state index contributed by atoms with van der Waals surface area (Å²) in [7, 11) is 2.20. The average molecular weight is 284 g/mol. The molecule has 1 saturated heterocycles. The van der Waals surface area contributed by atoms with E-state index in [1.54, 1.807) is 0 Å². The lowest BCUT2D eigenvalue weighted by Gasteiger charge is -2.36. The largest absolute Gasteiger partial charge is 0.371 e. The molecule has 1 N–H and O–H groups in total. The maximum absolute atomic E-state index is 4.56. The van der Waals surface area contributed by atoms with Gasteiger partial charge in [0.2, 0.25) is 0 Å². The zero-order valence-corrected chi connectivity index (χ0v) is 13.0. The summed E-state index contributed by atoms with van der Waals surface area (Å²) in [5, 5.41) is 3.62. The molecule has 0 amide bonds. The summed E-state index contributed by atoms with van der Waals surface area (Å²) in [5.41, 5.74) is 4.88. The highest BCUT2D eigenvalue weighted by atomic mass is 15.3.